The third-order valence-electron chi connectivity index (χ3n) is 4.95. The van der Waals surface area contributed by atoms with Crippen LogP contribution in [-0.4, -0.2) is 65.6 Å². The van der Waals surface area contributed by atoms with E-state index in [0.717, 1.165) is 41.9 Å². The maximum atomic E-state index is 12.3. The Morgan fingerprint density at radius 2 is 1.77 bits per heavy atom. The minimum absolute atomic E-state index is 0.0253. The highest BCUT2D eigenvalue weighted by Gasteiger charge is 2.18. The first-order valence-corrected chi connectivity index (χ1v) is 11.2. The Morgan fingerprint density at radius 1 is 1.10 bits per heavy atom. The highest BCUT2D eigenvalue weighted by molar-refractivity contribution is 7.89. The van der Waals surface area contributed by atoms with E-state index in [-0.39, 0.29) is 17.3 Å². The molecule has 2 N–H and O–H groups in total. The van der Waals surface area contributed by atoms with Crippen molar-refractivity contribution in [2.75, 3.05) is 62.5 Å². The van der Waals surface area contributed by atoms with E-state index in [1.54, 1.807) is 18.2 Å². The molecule has 162 valence electrons. The molecule has 0 aromatic heterocycles. The van der Waals surface area contributed by atoms with E-state index in [9.17, 15) is 13.2 Å². The summed E-state index contributed by atoms with van der Waals surface area (Å²) in [5.74, 6) is -0.214. The van der Waals surface area contributed by atoms with Crippen LogP contribution < -0.4 is 15.5 Å². The number of anilines is 3. The van der Waals surface area contributed by atoms with Crippen LogP contribution in [0.5, 0.6) is 0 Å². The largest absolute Gasteiger partial charge is 0.378 e. The zero-order valence-electron chi connectivity index (χ0n) is 17.5. The lowest BCUT2D eigenvalue weighted by molar-refractivity contribution is -0.114. The maximum absolute atomic E-state index is 12.3. The van der Waals surface area contributed by atoms with E-state index in [1.807, 2.05) is 31.2 Å². The second-order valence-electron chi connectivity index (χ2n) is 7.31. The molecule has 1 aliphatic heterocycles. The summed E-state index contributed by atoms with van der Waals surface area (Å²) in [5, 5.41) is 5.88. The monoisotopic (exact) mass is 432 g/mol. The molecule has 2 aromatic rings. The van der Waals surface area contributed by atoms with Gasteiger partial charge in [-0.05, 0) is 48.9 Å². The lowest BCUT2D eigenvalue weighted by Crippen LogP contribution is -2.36. The van der Waals surface area contributed by atoms with Crippen molar-refractivity contribution in [1.82, 2.24) is 4.31 Å². The summed E-state index contributed by atoms with van der Waals surface area (Å²) in [4.78, 5) is 14.8. The van der Waals surface area contributed by atoms with Crippen LogP contribution in [0.3, 0.4) is 0 Å². The van der Waals surface area contributed by atoms with Crippen LogP contribution in [0.4, 0.5) is 17.1 Å². The first kappa shape index (κ1) is 22.1. The Bertz CT molecular complexity index is 985. The molecule has 1 fully saturated rings. The topological polar surface area (TPSA) is 91.0 Å². The molecule has 9 heteroatoms. The average molecular weight is 433 g/mol. The van der Waals surface area contributed by atoms with Crippen molar-refractivity contribution in [3.8, 4) is 0 Å². The predicted molar refractivity (Wildman–Crippen MR) is 119 cm³/mol. The standard InChI is InChI=1S/C21H28N4O4S/c1-16-4-9-19(30(27,28)24(2)3)14-20(16)22-15-21(26)23-17-5-7-18(8-6-17)25-10-12-29-13-11-25/h4-9,14,22H,10-13,15H2,1-3H3,(H,23,26). The van der Waals surface area contributed by atoms with E-state index >= 15 is 0 Å². The van der Waals surface area contributed by atoms with Crippen LogP contribution in [-0.2, 0) is 19.6 Å². The molecule has 0 atom stereocenters. The predicted octanol–water partition coefficient (Wildman–Crippen LogP) is 2.13. The molecule has 0 aliphatic carbocycles. The lowest BCUT2D eigenvalue weighted by Gasteiger charge is -2.28. The third kappa shape index (κ3) is 5.29. The van der Waals surface area contributed by atoms with Crippen LogP contribution in [0, 0.1) is 6.92 Å². The van der Waals surface area contributed by atoms with Gasteiger partial charge in [0.15, 0.2) is 0 Å². The summed E-state index contributed by atoms with van der Waals surface area (Å²) in [5.41, 5.74) is 3.27. The average Bonchev–Trinajstić information content (AvgIpc) is 2.74. The fraction of sp³-hybridized carbons (Fsp3) is 0.381. The SMILES string of the molecule is Cc1ccc(S(=O)(=O)N(C)C)cc1NCC(=O)Nc1ccc(N2CCOCC2)cc1. The van der Waals surface area contributed by atoms with Crippen molar-refractivity contribution >= 4 is 33.0 Å². The van der Waals surface area contributed by atoms with Gasteiger partial charge >= 0.3 is 0 Å². The van der Waals surface area contributed by atoms with Crippen molar-refractivity contribution in [3.05, 3.63) is 48.0 Å². The van der Waals surface area contributed by atoms with Gasteiger partial charge in [-0.3, -0.25) is 4.79 Å². The zero-order valence-corrected chi connectivity index (χ0v) is 18.3. The van der Waals surface area contributed by atoms with Crippen LogP contribution in [0.2, 0.25) is 0 Å². The van der Waals surface area contributed by atoms with Gasteiger partial charge in [-0.25, -0.2) is 12.7 Å². The Morgan fingerprint density at radius 3 is 2.40 bits per heavy atom. The first-order chi connectivity index (χ1) is 14.3. The number of hydrogen-bond acceptors (Lipinski definition) is 6. The highest BCUT2D eigenvalue weighted by Crippen LogP contribution is 2.22. The Labute approximate surface area is 177 Å². The Kier molecular flexibility index (Phi) is 6.96. The van der Waals surface area contributed by atoms with Crippen molar-refractivity contribution in [2.24, 2.45) is 0 Å². The molecule has 0 radical (unpaired) electrons. The number of carbonyl (C=O) groups excluding carboxylic acids is 1. The molecule has 0 unspecified atom stereocenters. The fourth-order valence-corrected chi connectivity index (χ4v) is 4.05. The lowest BCUT2D eigenvalue weighted by atomic mass is 10.2. The van der Waals surface area contributed by atoms with E-state index in [0.29, 0.717) is 11.4 Å². The van der Waals surface area contributed by atoms with Gasteiger partial charge in [-0.1, -0.05) is 6.07 Å². The number of morpholine rings is 1. The molecule has 2 aromatic carbocycles. The van der Waals surface area contributed by atoms with Gasteiger partial charge in [0.2, 0.25) is 15.9 Å². The molecule has 1 aliphatic rings. The van der Waals surface area contributed by atoms with Gasteiger partial charge in [-0.15, -0.1) is 0 Å². The minimum atomic E-state index is -3.54. The van der Waals surface area contributed by atoms with E-state index in [1.165, 1.54) is 14.1 Å². The Hall–Kier alpha value is -2.62. The molecule has 8 nitrogen and oxygen atoms in total. The minimum Gasteiger partial charge on any atom is -0.378 e. The summed E-state index contributed by atoms with van der Waals surface area (Å²) >= 11 is 0. The summed E-state index contributed by atoms with van der Waals surface area (Å²) in [6, 6.07) is 12.5. The number of hydrogen-bond donors (Lipinski definition) is 2. The molecular weight excluding hydrogens is 404 g/mol. The normalized spacial score (nSPS) is 14.6. The van der Waals surface area contributed by atoms with Gasteiger partial charge in [0.25, 0.3) is 0 Å². The van der Waals surface area contributed by atoms with Crippen molar-refractivity contribution in [3.63, 3.8) is 0 Å². The van der Waals surface area contributed by atoms with Crippen LogP contribution in [0.15, 0.2) is 47.4 Å². The Balaban J connectivity index is 1.59. The molecule has 0 bridgehead atoms. The second kappa shape index (κ2) is 9.46. The zero-order chi connectivity index (χ0) is 21.7. The third-order valence-corrected chi connectivity index (χ3v) is 6.77. The smallest absolute Gasteiger partial charge is 0.243 e. The molecule has 1 saturated heterocycles. The van der Waals surface area contributed by atoms with E-state index < -0.39 is 10.0 Å². The van der Waals surface area contributed by atoms with Gasteiger partial charge < -0.3 is 20.3 Å². The van der Waals surface area contributed by atoms with E-state index in [4.69, 9.17) is 4.74 Å². The number of amides is 1. The van der Waals surface area contributed by atoms with Gasteiger partial charge in [0.05, 0.1) is 24.7 Å². The fourth-order valence-electron chi connectivity index (χ4n) is 3.12. The molecule has 0 saturated carbocycles. The van der Waals surface area contributed by atoms with Crippen LogP contribution in [0.1, 0.15) is 5.56 Å². The van der Waals surface area contributed by atoms with E-state index in [2.05, 4.69) is 15.5 Å². The molecular formula is C21H28N4O4S. The maximum Gasteiger partial charge on any atom is 0.243 e. The number of nitrogens with zero attached hydrogens (tertiary/aromatic N) is 2. The highest BCUT2D eigenvalue weighted by atomic mass is 32.2. The summed E-state index contributed by atoms with van der Waals surface area (Å²) in [6.07, 6.45) is 0. The van der Waals surface area contributed by atoms with Crippen LogP contribution >= 0.6 is 0 Å². The van der Waals surface area contributed by atoms with Gasteiger partial charge in [0.1, 0.15) is 0 Å². The van der Waals surface area contributed by atoms with Gasteiger partial charge in [-0.2, -0.15) is 0 Å². The summed E-state index contributed by atoms with van der Waals surface area (Å²) < 4.78 is 31.2. The van der Waals surface area contributed by atoms with Crippen molar-refractivity contribution in [2.45, 2.75) is 11.8 Å². The number of carbonyl (C=O) groups is 1. The van der Waals surface area contributed by atoms with Crippen LogP contribution in [0.25, 0.3) is 0 Å². The number of rotatable bonds is 7. The quantitative estimate of drug-likeness (QED) is 0.697. The first-order valence-electron chi connectivity index (χ1n) is 9.77. The number of nitrogens with one attached hydrogen (secondary N) is 2. The molecule has 30 heavy (non-hydrogen) atoms. The van der Waals surface area contributed by atoms with Crippen molar-refractivity contribution < 1.29 is 17.9 Å². The summed E-state index contributed by atoms with van der Waals surface area (Å²) in [7, 11) is -0.563. The molecule has 1 amide bonds. The number of sulfonamides is 1. The van der Waals surface area contributed by atoms with Crippen molar-refractivity contribution in [1.29, 1.82) is 0 Å². The molecule has 1 heterocycles. The second-order valence-corrected chi connectivity index (χ2v) is 9.46. The number of benzene rings is 2. The number of aryl methyl sites for hydroxylation is 1. The van der Waals surface area contributed by atoms with Gasteiger partial charge in [0, 0.05) is 44.2 Å². The molecule has 3 rings (SSSR count). The molecule has 0 spiro atoms. The number of ether oxygens (including phenoxy) is 1. The summed E-state index contributed by atoms with van der Waals surface area (Å²) in [6.45, 7) is 5.05.